The summed E-state index contributed by atoms with van der Waals surface area (Å²) in [6, 6.07) is 8.24. The molecular weight excluding hydrogens is 214 g/mol. The van der Waals surface area contributed by atoms with Crippen LogP contribution in [0, 0.1) is 5.92 Å². The van der Waals surface area contributed by atoms with Gasteiger partial charge in [-0.05, 0) is 36.8 Å². The van der Waals surface area contributed by atoms with E-state index in [1.807, 2.05) is 12.1 Å². The van der Waals surface area contributed by atoms with Gasteiger partial charge in [-0.2, -0.15) is 0 Å². The molecule has 1 aromatic carbocycles. The van der Waals surface area contributed by atoms with Crippen LogP contribution in [0.4, 0.5) is 0 Å². The van der Waals surface area contributed by atoms with Gasteiger partial charge in [0.1, 0.15) is 0 Å². The van der Waals surface area contributed by atoms with Crippen molar-refractivity contribution in [2.24, 2.45) is 5.92 Å². The highest BCUT2D eigenvalue weighted by Crippen LogP contribution is 2.36. The van der Waals surface area contributed by atoms with E-state index in [1.165, 1.54) is 11.1 Å². The Morgan fingerprint density at radius 1 is 1.29 bits per heavy atom. The third kappa shape index (κ3) is 1.95. The molecule has 0 heterocycles. The molecule has 0 unspecified atom stereocenters. The van der Waals surface area contributed by atoms with Gasteiger partial charge in [0, 0.05) is 5.92 Å². The number of aliphatic hydroxyl groups excluding tert-OH is 1. The molecule has 1 fully saturated rings. The third-order valence-corrected chi connectivity index (χ3v) is 3.97. The van der Waals surface area contributed by atoms with Crippen LogP contribution in [0.15, 0.2) is 24.3 Å². The predicted molar refractivity (Wildman–Crippen MR) is 64.5 cm³/mol. The largest absolute Gasteiger partial charge is 0.394 e. The van der Waals surface area contributed by atoms with Crippen molar-refractivity contribution < 1.29 is 9.90 Å². The molecule has 0 radical (unpaired) electrons. The lowest BCUT2D eigenvalue weighted by atomic mass is 10.0. The Bertz CT molecular complexity index is 426. The summed E-state index contributed by atoms with van der Waals surface area (Å²) in [7, 11) is 0. The van der Waals surface area contributed by atoms with Crippen LogP contribution < -0.4 is 5.32 Å². The molecule has 0 saturated heterocycles. The molecule has 0 atom stereocenters. The van der Waals surface area contributed by atoms with Gasteiger partial charge in [-0.3, -0.25) is 4.79 Å². The lowest BCUT2D eigenvalue weighted by molar-refractivity contribution is -0.126. The fourth-order valence-electron chi connectivity index (χ4n) is 2.58. The summed E-state index contributed by atoms with van der Waals surface area (Å²) >= 11 is 0. The van der Waals surface area contributed by atoms with Gasteiger partial charge in [0.2, 0.25) is 5.91 Å². The van der Waals surface area contributed by atoms with Crippen LogP contribution in [0.1, 0.15) is 24.0 Å². The molecule has 2 aliphatic rings. The molecule has 17 heavy (non-hydrogen) atoms. The van der Waals surface area contributed by atoms with E-state index in [4.69, 9.17) is 0 Å². The fourth-order valence-corrected chi connectivity index (χ4v) is 2.58. The van der Waals surface area contributed by atoms with E-state index < -0.39 is 0 Å². The Balaban J connectivity index is 1.66. The average Bonchev–Trinajstić information content (AvgIpc) is 2.98. The van der Waals surface area contributed by atoms with E-state index >= 15 is 0 Å². The summed E-state index contributed by atoms with van der Waals surface area (Å²) in [5.41, 5.74) is 2.30. The van der Waals surface area contributed by atoms with E-state index in [1.54, 1.807) is 0 Å². The van der Waals surface area contributed by atoms with E-state index in [0.717, 1.165) is 25.7 Å². The number of aliphatic hydroxyl groups is 1. The average molecular weight is 231 g/mol. The number of hydrogen-bond acceptors (Lipinski definition) is 2. The number of carbonyl (C=O) groups excluding carboxylic acids is 1. The van der Waals surface area contributed by atoms with E-state index in [-0.39, 0.29) is 24.0 Å². The minimum Gasteiger partial charge on any atom is -0.394 e. The van der Waals surface area contributed by atoms with Gasteiger partial charge in [-0.1, -0.05) is 24.3 Å². The number of hydrogen-bond donors (Lipinski definition) is 2. The van der Waals surface area contributed by atoms with Gasteiger partial charge >= 0.3 is 0 Å². The first kappa shape index (κ1) is 10.8. The second-order valence-electron chi connectivity index (χ2n) is 5.30. The second kappa shape index (κ2) is 3.84. The van der Waals surface area contributed by atoms with E-state index in [2.05, 4.69) is 17.4 Å². The van der Waals surface area contributed by atoms with Gasteiger partial charge in [0.15, 0.2) is 0 Å². The SMILES string of the molecule is O=C(NC1(CO)CC1)C1Cc2ccccc2C1. The number of rotatable bonds is 3. The van der Waals surface area contributed by atoms with Crippen molar-refractivity contribution in [1.82, 2.24) is 5.32 Å². The minimum atomic E-state index is -0.286. The van der Waals surface area contributed by atoms with Gasteiger partial charge < -0.3 is 10.4 Å². The van der Waals surface area contributed by atoms with Crippen molar-refractivity contribution in [3.8, 4) is 0 Å². The molecule has 3 rings (SSSR count). The lowest BCUT2D eigenvalue weighted by Crippen LogP contribution is -2.43. The molecule has 1 saturated carbocycles. The Hall–Kier alpha value is -1.35. The van der Waals surface area contributed by atoms with Gasteiger partial charge in [0.05, 0.1) is 12.1 Å². The normalized spacial score (nSPS) is 21.0. The van der Waals surface area contributed by atoms with Crippen molar-refractivity contribution >= 4 is 5.91 Å². The summed E-state index contributed by atoms with van der Waals surface area (Å²) in [5, 5.41) is 12.2. The van der Waals surface area contributed by atoms with Crippen molar-refractivity contribution in [2.75, 3.05) is 6.61 Å². The molecule has 3 heteroatoms. The first-order chi connectivity index (χ1) is 8.22. The zero-order valence-electron chi connectivity index (χ0n) is 9.78. The molecule has 0 aliphatic heterocycles. The smallest absolute Gasteiger partial charge is 0.224 e. The van der Waals surface area contributed by atoms with Gasteiger partial charge in [-0.25, -0.2) is 0 Å². The molecule has 1 amide bonds. The molecule has 90 valence electrons. The van der Waals surface area contributed by atoms with Gasteiger partial charge in [-0.15, -0.1) is 0 Å². The zero-order valence-corrected chi connectivity index (χ0v) is 9.78. The maximum atomic E-state index is 12.1. The van der Waals surface area contributed by atoms with Crippen LogP contribution in [0.5, 0.6) is 0 Å². The number of amides is 1. The molecular formula is C14H17NO2. The zero-order chi connectivity index (χ0) is 11.9. The summed E-state index contributed by atoms with van der Waals surface area (Å²) < 4.78 is 0. The molecule has 3 nitrogen and oxygen atoms in total. The van der Waals surface area contributed by atoms with Crippen molar-refractivity contribution in [1.29, 1.82) is 0 Å². The monoisotopic (exact) mass is 231 g/mol. The molecule has 1 aromatic rings. The number of benzene rings is 1. The summed E-state index contributed by atoms with van der Waals surface area (Å²) in [6.07, 6.45) is 3.50. The van der Waals surface area contributed by atoms with Gasteiger partial charge in [0.25, 0.3) is 0 Å². The van der Waals surface area contributed by atoms with Crippen LogP contribution in [0.3, 0.4) is 0 Å². The highest BCUT2D eigenvalue weighted by molar-refractivity contribution is 5.81. The fraction of sp³-hybridized carbons (Fsp3) is 0.500. The molecule has 0 aromatic heterocycles. The summed E-state index contributed by atoms with van der Waals surface area (Å²) in [4.78, 5) is 12.1. The highest BCUT2D eigenvalue weighted by atomic mass is 16.3. The second-order valence-corrected chi connectivity index (χ2v) is 5.30. The highest BCUT2D eigenvalue weighted by Gasteiger charge is 2.44. The third-order valence-electron chi connectivity index (χ3n) is 3.97. The molecule has 0 spiro atoms. The quantitative estimate of drug-likeness (QED) is 0.816. The van der Waals surface area contributed by atoms with E-state index in [9.17, 15) is 9.90 Å². The van der Waals surface area contributed by atoms with Crippen LogP contribution in [0.25, 0.3) is 0 Å². The number of carbonyl (C=O) groups is 1. The van der Waals surface area contributed by atoms with Crippen molar-refractivity contribution in [2.45, 2.75) is 31.2 Å². The predicted octanol–water partition coefficient (Wildman–Crippen LogP) is 1.04. The van der Waals surface area contributed by atoms with Crippen LogP contribution in [-0.4, -0.2) is 23.2 Å². The molecule has 2 N–H and O–H groups in total. The van der Waals surface area contributed by atoms with Crippen molar-refractivity contribution in [3.63, 3.8) is 0 Å². The Kier molecular flexibility index (Phi) is 2.44. The number of nitrogens with one attached hydrogen (secondary N) is 1. The maximum Gasteiger partial charge on any atom is 0.224 e. The van der Waals surface area contributed by atoms with Crippen LogP contribution in [0.2, 0.25) is 0 Å². The summed E-state index contributed by atoms with van der Waals surface area (Å²) in [6.45, 7) is 0.0679. The summed E-state index contributed by atoms with van der Waals surface area (Å²) in [5.74, 6) is 0.157. The lowest BCUT2D eigenvalue weighted by Gasteiger charge is -2.17. The first-order valence-electron chi connectivity index (χ1n) is 6.22. The van der Waals surface area contributed by atoms with Crippen LogP contribution in [-0.2, 0) is 17.6 Å². The van der Waals surface area contributed by atoms with Crippen LogP contribution >= 0.6 is 0 Å². The Morgan fingerprint density at radius 2 is 1.88 bits per heavy atom. The minimum absolute atomic E-state index is 0.0522. The topological polar surface area (TPSA) is 49.3 Å². The molecule has 0 bridgehead atoms. The number of fused-ring (bicyclic) bond motifs is 1. The van der Waals surface area contributed by atoms with E-state index in [0.29, 0.717) is 0 Å². The standard InChI is InChI=1S/C14H17NO2/c16-9-14(5-6-14)15-13(17)12-7-10-3-1-2-4-11(10)8-12/h1-4,12,16H,5-9H2,(H,15,17). The van der Waals surface area contributed by atoms with Crippen molar-refractivity contribution in [3.05, 3.63) is 35.4 Å². The first-order valence-corrected chi connectivity index (χ1v) is 6.22. The Labute approximate surface area is 101 Å². The maximum absolute atomic E-state index is 12.1. The Morgan fingerprint density at radius 3 is 2.35 bits per heavy atom. The molecule has 2 aliphatic carbocycles.